The Morgan fingerprint density at radius 3 is 2.75 bits per heavy atom. The fraction of sp³-hybridized carbons (Fsp3) is 0.487. The molecule has 3 saturated heterocycles. The number of phenolic OH excluding ortho intramolecular Hbond substituents is 1. The zero-order chi connectivity index (χ0) is 36.2. The van der Waals surface area contributed by atoms with Crippen molar-refractivity contribution < 1.29 is 33.3 Å². The summed E-state index contributed by atoms with van der Waals surface area (Å²) in [7, 11) is 0. The highest BCUT2D eigenvalue weighted by molar-refractivity contribution is 6.03. The lowest BCUT2D eigenvalue weighted by Gasteiger charge is -2.52. The number of hydrogen-bond donors (Lipinski definition) is 2. The number of aromatic hydroxyl groups is 1. The van der Waals surface area contributed by atoms with Crippen molar-refractivity contribution in [3.05, 3.63) is 47.7 Å². The standard InChI is InChI=1S/C39H42F2N6O5/c1-3-27-30(40)9-8-25-17-26(49)18-28(32(25)27)34-33(41)35-29(19-42-34)36(45-13-6-15-51-16-14-45)44-37(43-35)52-23-38-10-4-7-31(38)46(12-5-11-38)20-39(50)21-47(22-39)24(2)48/h1,8-9,17-19,31,49-50H,4-7,10-16,20-23H2,2H3. The van der Waals surface area contributed by atoms with Gasteiger partial charge >= 0.3 is 6.01 Å². The van der Waals surface area contributed by atoms with Gasteiger partial charge in [0.25, 0.3) is 0 Å². The molecule has 4 aliphatic rings. The Morgan fingerprint density at radius 1 is 1.12 bits per heavy atom. The molecule has 4 fully saturated rings. The van der Waals surface area contributed by atoms with Crippen LogP contribution in [-0.4, -0.2) is 112 Å². The van der Waals surface area contributed by atoms with E-state index >= 15 is 4.39 Å². The van der Waals surface area contributed by atoms with Gasteiger partial charge in [0.2, 0.25) is 5.91 Å². The highest BCUT2D eigenvalue weighted by Gasteiger charge is 2.52. The van der Waals surface area contributed by atoms with E-state index < -0.39 is 17.2 Å². The summed E-state index contributed by atoms with van der Waals surface area (Å²) in [5.74, 6) is 1.26. The molecule has 2 atom stereocenters. The molecule has 2 aromatic heterocycles. The van der Waals surface area contributed by atoms with Gasteiger partial charge in [0.15, 0.2) is 5.82 Å². The van der Waals surface area contributed by atoms with Crippen LogP contribution < -0.4 is 9.64 Å². The van der Waals surface area contributed by atoms with E-state index in [1.807, 2.05) is 4.90 Å². The van der Waals surface area contributed by atoms with Crippen molar-refractivity contribution in [2.45, 2.75) is 57.1 Å². The molecule has 272 valence electrons. The summed E-state index contributed by atoms with van der Waals surface area (Å²) < 4.78 is 44.1. The third-order valence-electron chi connectivity index (χ3n) is 11.4. The van der Waals surface area contributed by atoms with Gasteiger partial charge in [0.05, 0.1) is 37.3 Å². The number of pyridine rings is 1. The predicted octanol–water partition coefficient (Wildman–Crippen LogP) is 4.64. The van der Waals surface area contributed by atoms with Crippen LogP contribution in [0.1, 0.15) is 51.0 Å². The predicted molar refractivity (Wildman–Crippen MR) is 191 cm³/mol. The number of fused-ring (bicyclic) bond motifs is 3. The second-order valence-electron chi connectivity index (χ2n) is 14.9. The first-order chi connectivity index (χ1) is 25.1. The number of piperidine rings is 1. The van der Waals surface area contributed by atoms with Gasteiger partial charge in [0.1, 0.15) is 34.2 Å². The van der Waals surface area contributed by atoms with E-state index in [0.717, 1.165) is 45.1 Å². The SMILES string of the molecule is C#Cc1c(F)ccc2cc(O)cc(-c3ncc4c(N5CCCOCC5)nc(OCC56CCCC5N(CC5(O)CN(C(C)=O)C5)CCC6)nc4c3F)c12. The van der Waals surface area contributed by atoms with Gasteiger partial charge in [-0.15, -0.1) is 6.42 Å². The van der Waals surface area contributed by atoms with Gasteiger partial charge in [-0.3, -0.25) is 14.7 Å². The summed E-state index contributed by atoms with van der Waals surface area (Å²) in [6, 6.07) is 5.69. The van der Waals surface area contributed by atoms with E-state index in [1.54, 1.807) is 4.90 Å². The van der Waals surface area contributed by atoms with Crippen LogP contribution in [-0.2, 0) is 9.53 Å². The number of rotatable bonds is 7. The van der Waals surface area contributed by atoms with Crippen LogP contribution in [0.3, 0.4) is 0 Å². The lowest BCUT2D eigenvalue weighted by Crippen LogP contribution is -2.69. The molecule has 1 saturated carbocycles. The second-order valence-corrected chi connectivity index (χ2v) is 14.9. The molecule has 3 aliphatic heterocycles. The van der Waals surface area contributed by atoms with Crippen LogP contribution in [0.2, 0.25) is 0 Å². The number of ether oxygens (including phenoxy) is 2. The molecule has 11 nitrogen and oxygen atoms in total. The molecule has 0 spiro atoms. The zero-order valence-electron chi connectivity index (χ0n) is 29.2. The number of likely N-dealkylation sites (tertiary alicyclic amines) is 2. The number of benzene rings is 2. The van der Waals surface area contributed by atoms with Gasteiger partial charge in [-0.05, 0) is 62.2 Å². The molecule has 0 bridgehead atoms. The molecule has 2 aromatic carbocycles. The van der Waals surface area contributed by atoms with Gasteiger partial charge in [-0.1, -0.05) is 18.4 Å². The first-order valence-electron chi connectivity index (χ1n) is 18.0. The topological polar surface area (TPSA) is 124 Å². The average Bonchev–Trinajstić information content (AvgIpc) is 3.37. The molecular formula is C39H42F2N6O5. The quantitative estimate of drug-likeness (QED) is 0.262. The number of amides is 1. The number of hydrogen-bond acceptors (Lipinski definition) is 10. The number of anilines is 1. The number of aliphatic hydroxyl groups is 1. The smallest absolute Gasteiger partial charge is 0.319 e. The first kappa shape index (κ1) is 34.4. The molecular weight excluding hydrogens is 670 g/mol. The fourth-order valence-corrected chi connectivity index (χ4v) is 9.00. The van der Waals surface area contributed by atoms with Crippen molar-refractivity contribution in [3.8, 4) is 35.4 Å². The highest BCUT2D eigenvalue weighted by atomic mass is 19.1. The maximum Gasteiger partial charge on any atom is 0.319 e. The van der Waals surface area contributed by atoms with Crippen molar-refractivity contribution in [1.29, 1.82) is 0 Å². The van der Waals surface area contributed by atoms with Crippen LogP contribution in [0.15, 0.2) is 30.5 Å². The van der Waals surface area contributed by atoms with Crippen LogP contribution in [0.4, 0.5) is 14.6 Å². The largest absolute Gasteiger partial charge is 0.508 e. The molecule has 5 heterocycles. The number of aromatic nitrogens is 3. The average molecular weight is 713 g/mol. The van der Waals surface area contributed by atoms with Crippen molar-refractivity contribution in [2.75, 3.05) is 64.0 Å². The third-order valence-corrected chi connectivity index (χ3v) is 11.4. The summed E-state index contributed by atoms with van der Waals surface area (Å²) in [6.45, 7) is 6.10. The summed E-state index contributed by atoms with van der Waals surface area (Å²) >= 11 is 0. The molecule has 13 heteroatoms. The lowest BCUT2D eigenvalue weighted by molar-refractivity contribution is -0.161. The van der Waals surface area contributed by atoms with Crippen molar-refractivity contribution >= 4 is 33.4 Å². The Hall–Kier alpha value is -4.64. The molecule has 8 rings (SSSR count). The van der Waals surface area contributed by atoms with E-state index in [2.05, 4.69) is 20.8 Å². The maximum absolute atomic E-state index is 17.0. The van der Waals surface area contributed by atoms with Crippen LogP contribution >= 0.6 is 0 Å². The maximum atomic E-state index is 17.0. The number of phenols is 1. The number of carbonyl (C=O) groups excluding carboxylic acids is 1. The highest BCUT2D eigenvalue weighted by Crippen LogP contribution is 2.49. The fourth-order valence-electron chi connectivity index (χ4n) is 9.00. The number of nitrogens with zero attached hydrogens (tertiary/aromatic N) is 6. The lowest BCUT2D eigenvalue weighted by atomic mass is 9.75. The van der Waals surface area contributed by atoms with Crippen molar-refractivity contribution in [2.24, 2.45) is 5.41 Å². The summed E-state index contributed by atoms with van der Waals surface area (Å²) in [5.41, 5.74) is -1.20. The zero-order valence-corrected chi connectivity index (χ0v) is 29.2. The first-order valence-corrected chi connectivity index (χ1v) is 18.0. The van der Waals surface area contributed by atoms with Crippen molar-refractivity contribution in [3.63, 3.8) is 0 Å². The van der Waals surface area contributed by atoms with E-state index in [4.69, 9.17) is 20.9 Å². The Kier molecular flexibility index (Phi) is 8.88. The van der Waals surface area contributed by atoms with Gasteiger partial charge in [0, 0.05) is 61.8 Å². The molecule has 0 radical (unpaired) electrons. The minimum atomic E-state index is -0.928. The minimum Gasteiger partial charge on any atom is -0.508 e. The normalized spacial score (nSPS) is 23.2. The Labute approximate surface area is 300 Å². The van der Waals surface area contributed by atoms with Crippen LogP contribution in [0.25, 0.3) is 32.9 Å². The molecule has 1 aliphatic carbocycles. The van der Waals surface area contributed by atoms with Gasteiger partial charge < -0.3 is 29.5 Å². The monoisotopic (exact) mass is 712 g/mol. The molecule has 2 N–H and O–H groups in total. The Balaban J connectivity index is 1.16. The second kappa shape index (κ2) is 13.4. The van der Waals surface area contributed by atoms with Crippen LogP contribution in [0.5, 0.6) is 11.8 Å². The molecule has 52 heavy (non-hydrogen) atoms. The van der Waals surface area contributed by atoms with Crippen LogP contribution in [0, 0.1) is 29.4 Å². The summed E-state index contributed by atoms with van der Waals surface area (Å²) in [4.78, 5) is 31.9. The summed E-state index contributed by atoms with van der Waals surface area (Å²) in [6.07, 6.45) is 12.8. The van der Waals surface area contributed by atoms with E-state index in [1.165, 1.54) is 37.4 Å². The summed E-state index contributed by atoms with van der Waals surface area (Å²) in [5, 5.41) is 22.9. The van der Waals surface area contributed by atoms with E-state index in [9.17, 15) is 19.4 Å². The van der Waals surface area contributed by atoms with Gasteiger partial charge in [-0.2, -0.15) is 9.97 Å². The Bertz CT molecular complexity index is 2090. The van der Waals surface area contributed by atoms with Gasteiger partial charge in [-0.25, -0.2) is 8.78 Å². The number of halogens is 2. The molecule has 4 aromatic rings. The Morgan fingerprint density at radius 2 is 1.94 bits per heavy atom. The number of β-amino-alcohol motifs (C(OH)–C–C–N with tert-alkyl or cyclic N) is 1. The third kappa shape index (κ3) is 6.06. The minimum absolute atomic E-state index is 0.0155. The van der Waals surface area contributed by atoms with E-state index in [0.29, 0.717) is 69.1 Å². The number of carbonyl (C=O) groups is 1. The van der Waals surface area contributed by atoms with Crippen molar-refractivity contribution in [1.82, 2.24) is 24.8 Å². The molecule has 1 amide bonds. The number of terminal acetylenes is 1. The van der Waals surface area contributed by atoms with E-state index in [-0.39, 0.29) is 56.8 Å². The molecule has 2 unspecified atom stereocenters.